The monoisotopic (exact) mass is 499 g/mol. The van der Waals surface area contributed by atoms with Gasteiger partial charge in [0.15, 0.2) is 5.82 Å². The minimum Gasteiger partial charge on any atom is -0.309 e. The highest BCUT2D eigenvalue weighted by Gasteiger charge is 2.15. The van der Waals surface area contributed by atoms with E-state index in [1.165, 1.54) is 16.3 Å². The van der Waals surface area contributed by atoms with Gasteiger partial charge in [0.2, 0.25) is 0 Å². The summed E-state index contributed by atoms with van der Waals surface area (Å²) >= 11 is 0. The van der Waals surface area contributed by atoms with Crippen molar-refractivity contribution in [3.05, 3.63) is 146 Å². The molecule has 5 aromatic carbocycles. The Bertz CT molecular complexity index is 1910. The highest BCUT2D eigenvalue weighted by Crippen LogP contribution is 2.34. The Labute approximate surface area is 227 Å². The van der Waals surface area contributed by atoms with Gasteiger partial charge in [-0.3, -0.25) is 0 Å². The van der Waals surface area contributed by atoms with Gasteiger partial charge in [-0.05, 0) is 42.0 Å². The highest BCUT2D eigenvalue weighted by molar-refractivity contribution is 6.09. The van der Waals surface area contributed by atoms with Crippen LogP contribution in [-0.2, 0) is 0 Å². The maximum absolute atomic E-state index is 5.04. The van der Waals surface area contributed by atoms with Crippen LogP contribution in [0.15, 0.2) is 140 Å². The number of hydrogen-bond donors (Lipinski definition) is 0. The van der Waals surface area contributed by atoms with Crippen molar-refractivity contribution in [2.45, 2.75) is 0 Å². The minimum absolute atomic E-state index is 0.714. The van der Waals surface area contributed by atoms with Crippen molar-refractivity contribution in [2.24, 2.45) is 0 Å². The Morgan fingerprint density at radius 2 is 1.15 bits per heavy atom. The van der Waals surface area contributed by atoms with Crippen LogP contribution in [0.3, 0.4) is 0 Å². The molecule has 3 heteroatoms. The predicted molar refractivity (Wildman–Crippen MR) is 163 cm³/mol. The van der Waals surface area contributed by atoms with Gasteiger partial charge in [0.25, 0.3) is 0 Å². The van der Waals surface area contributed by atoms with Gasteiger partial charge >= 0.3 is 0 Å². The first-order valence-electron chi connectivity index (χ1n) is 13.0. The van der Waals surface area contributed by atoms with E-state index in [-0.39, 0.29) is 0 Å². The lowest BCUT2D eigenvalue weighted by molar-refractivity contribution is 1.16. The number of rotatable bonds is 5. The third-order valence-corrected chi connectivity index (χ3v) is 7.16. The number of hydrogen-bond acceptors (Lipinski definition) is 2. The molecule has 0 aliphatic carbocycles. The topological polar surface area (TPSA) is 30.7 Å². The van der Waals surface area contributed by atoms with Crippen LogP contribution >= 0.6 is 0 Å². The van der Waals surface area contributed by atoms with E-state index in [9.17, 15) is 0 Å². The lowest BCUT2D eigenvalue weighted by Gasteiger charge is -2.12. The summed E-state index contributed by atoms with van der Waals surface area (Å²) in [5.74, 6) is 0.714. The van der Waals surface area contributed by atoms with Crippen molar-refractivity contribution in [3.63, 3.8) is 0 Å². The van der Waals surface area contributed by atoms with Crippen LogP contribution < -0.4 is 0 Å². The summed E-state index contributed by atoms with van der Waals surface area (Å²) in [5, 5.41) is 2.44. The van der Waals surface area contributed by atoms with Crippen LogP contribution in [0.25, 0.3) is 67.5 Å². The molecule has 2 aromatic heterocycles. The third kappa shape index (κ3) is 4.11. The van der Waals surface area contributed by atoms with Crippen molar-refractivity contribution in [1.82, 2.24) is 14.5 Å². The van der Waals surface area contributed by atoms with Gasteiger partial charge < -0.3 is 4.57 Å². The molecule has 7 aromatic rings. The average molecular weight is 500 g/mol. The quantitative estimate of drug-likeness (QED) is 0.236. The first-order valence-corrected chi connectivity index (χ1v) is 13.0. The van der Waals surface area contributed by atoms with Gasteiger partial charge in [0.1, 0.15) is 0 Å². The first kappa shape index (κ1) is 22.9. The fourth-order valence-corrected chi connectivity index (χ4v) is 5.27. The molecule has 184 valence electrons. The number of aromatic nitrogens is 3. The van der Waals surface area contributed by atoms with E-state index in [4.69, 9.17) is 9.97 Å². The molecule has 0 unspecified atom stereocenters. The molecular weight excluding hydrogens is 474 g/mol. The van der Waals surface area contributed by atoms with E-state index in [2.05, 4.69) is 108 Å². The largest absolute Gasteiger partial charge is 0.309 e. The third-order valence-electron chi connectivity index (χ3n) is 7.16. The van der Waals surface area contributed by atoms with Gasteiger partial charge in [0, 0.05) is 33.2 Å². The standard InChI is InChI=1S/C36H25N3/c1-2-25-20-21-35-31(22-25)30-18-9-10-19-34(30)39(35)29-17-11-16-28(23-29)33-24-32(26-12-5-3-6-13-26)37-36(38-33)27-14-7-4-8-15-27/h2-24H,1H2. The van der Waals surface area contributed by atoms with E-state index in [0.717, 1.165) is 44.8 Å². The zero-order valence-electron chi connectivity index (χ0n) is 21.3. The molecule has 0 radical (unpaired) electrons. The first-order chi connectivity index (χ1) is 19.3. The molecule has 0 atom stereocenters. The molecule has 0 bridgehead atoms. The molecule has 2 heterocycles. The fourth-order valence-electron chi connectivity index (χ4n) is 5.27. The van der Waals surface area contributed by atoms with Gasteiger partial charge in [-0.15, -0.1) is 0 Å². The SMILES string of the molecule is C=Cc1ccc2c(c1)c1ccccc1n2-c1cccc(-c2cc(-c3ccccc3)nc(-c3ccccc3)n2)c1. The number of nitrogens with zero attached hydrogens (tertiary/aromatic N) is 3. The van der Waals surface area contributed by atoms with E-state index in [1.807, 2.05) is 42.5 Å². The second-order valence-corrected chi connectivity index (χ2v) is 9.58. The summed E-state index contributed by atoms with van der Waals surface area (Å²) in [6, 6.07) is 46.2. The molecule has 0 fully saturated rings. The summed E-state index contributed by atoms with van der Waals surface area (Å²) in [6.07, 6.45) is 1.90. The van der Waals surface area contributed by atoms with Crippen LogP contribution in [0, 0.1) is 0 Å². The Balaban J connectivity index is 1.43. The zero-order valence-corrected chi connectivity index (χ0v) is 21.3. The van der Waals surface area contributed by atoms with Crippen molar-refractivity contribution >= 4 is 27.9 Å². The van der Waals surface area contributed by atoms with Crippen molar-refractivity contribution in [2.75, 3.05) is 0 Å². The molecule has 0 amide bonds. The van der Waals surface area contributed by atoms with Crippen LogP contribution in [0.1, 0.15) is 5.56 Å². The van der Waals surface area contributed by atoms with Crippen molar-refractivity contribution in [1.29, 1.82) is 0 Å². The summed E-state index contributed by atoms with van der Waals surface area (Å²) in [5.41, 5.74) is 9.42. The lowest BCUT2D eigenvalue weighted by Crippen LogP contribution is -1.97. The number of para-hydroxylation sites is 1. The maximum atomic E-state index is 5.04. The van der Waals surface area contributed by atoms with E-state index >= 15 is 0 Å². The summed E-state index contributed by atoms with van der Waals surface area (Å²) in [7, 11) is 0. The molecule has 0 saturated heterocycles. The second-order valence-electron chi connectivity index (χ2n) is 9.58. The highest BCUT2D eigenvalue weighted by atomic mass is 15.0. The van der Waals surface area contributed by atoms with E-state index in [0.29, 0.717) is 5.82 Å². The summed E-state index contributed by atoms with van der Waals surface area (Å²) < 4.78 is 2.33. The Hall–Kier alpha value is -5.28. The average Bonchev–Trinajstić information content (AvgIpc) is 3.35. The van der Waals surface area contributed by atoms with Gasteiger partial charge in [-0.1, -0.05) is 110 Å². The Kier molecular flexibility index (Phi) is 5.60. The van der Waals surface area contributed by atoms with Gasteiger partial charge in [-0.2, -0.15) is 0 Å². The van der Waals surface area contributed by atoms with Crippen LogP contribution in [-0.4, -0.2) is 14.5 Å². The van der Waals surface area contributed by atoms with E-state index in [1.54, 1.807) is 0 Å². The van der Waals surface area contributed by atoms with E-state index < -0.39 is 0 Å². The number of fused-ring (bicyclic) bond motifs is 3. The predicted octanol–water partition coefficient (Wildman–Crippen LogP) is 9.22. The van der Waals surface area contributed by atoms with Gasteiger partial charge in [-0.25, -0.2) is 9.97 Å². The molecule has 0 N–H and O–H groups in total. The summed E-state index contributed by atoms with van der Waals surface area (Å²) in [4.78, 5) is 9.98. The normalized spacial score (nSPS) is 11.2. The molecular formula is C36H25N3. The molecule has 39 heavy (non-hydrogen) atoms. The maximum Gasteiger partial charge on any atom is 0.160 e. The Morgan fingerprint density at radius 3 is 1.92 bits per heavy atom. The van der Waals surface area contributed by atoms with Crippen molar-refractivity contribution < 1.29 is 0 Å². The molecule has 0 spiro atoms. The molecule has 0 aliphatic heterocycles. The van der Waals surface area contributed by atoms with Crippen LogP contribution in [0.4, 0.5) is 0 Å². The summed E-state index contributed by atoms with van der Waals surface area (Å²) in [6.45, 7) is 3.97. The molecule has 0 aliphatic rings. The molecule has 0 saturated carbocycles. The molecule has 3 nitrogen and oxygen atoms in total. The fraction of sp³-hybridized carbons (Fsp3) is 0. The van der Waals surface area contributed by atoms with Crippen LogP contribution in [0.2, 0.25) is 0 Å². The molecule has 7 rings (SSSR count). The minimum atomic E-state index is 0.714. The lowest BCUT2D eigenvalue weighted by atomic mass is 10.1. The van der Waals surface area contributed by atoms with Gasteiger partial charge in [0.05, 0.1) is 22.4 Å². The number of benzene rings is 5. The Morgan fingerprint density at radius 1 is 0.513 bits per heavy atom. The smallest absolute Gasteiger partial charge is 0.160 e. The van der Waals surface area contributed by atoms with Crippen LogP contribution in [0.5, 0.6) is 0 Å². The zero-order chi connectivity index (χ0) is 26.2. The van der Waals surface area contributed by atoms with Crippen molar-refractivity contribution in [3.8, 4) is 39.6 Å². The second kappa shape index (κ2) is 9.55.